The Bertz CT molecular complexity index is 587. The van der Waals surface area contributed by atoms with Gasteiger partial charge in [0.1, 0.15) is 5.82 Å². The molecule has 0 fully saturated rings. The Morgan fingerprint density at radius 3 is 2.84 bits per heavy atom. The number of hydrogen-bond acceptors (Lipinski definition) is 5. The van der Waals surface area contributed by atoms with Crippen LogP contribution in [0.5, 0.6) is 0 Å². The smallest absolute Gasteiger partial charge is 0.344 e. The number of aromatic amines is 1. The summed E-state index contributed by atoms with van der Waals surface area (Å²) in [5, 5.41) is 10.2. The highest BCUT2D eigenvalue weighted by atomic mass is 32.2. The summed E-state index contributed by atoms with van der Waals surface area (Å²) in [6.07, 6.45) is 1.82. The molecule has 0 aliphatic heterocycles. The summed E-state index contributed by atoms with van der Waals surface area (Å²) in [4.78, 5) is 15.8. The van der Waals surface area contributed by atoms with Crippen LogP contribution in [-0.4, -0.2) is 26.8 Å². The number of nitrogens with one attached hydrogen (secondary N) is 2. The summed E-state index contributed by atoms with van der Waals surface area (Å²) in [6, 6.07) is 4.03. The number of anilines is 1. The van der Waals surface area contributed by atoms with Crippen LogP contribution in [0.25, 0.3) is 0 Å². The molecule has 2 aromatic rings. The van der Waals surface area contributed by atoms with E-state index in [1.165, 1.54) is 11.8 Å². The minimum atomic E-state index is -0.166. The monoisotopic (exact) mass is 279 g/mol. The number of nitrogens with zero attached hydrogens (tertiary/aromatic N) is 3. The Morgan fingerprint density at radius 2 is 2.26 bits per heavy atom. The highest BCUT2D eigenvalue weighted by Crippen LogP contribution is 2.21. The van der Waals surface area contributed by atoms with Crippen molar-refractivity contribution in [3.63, 3.8) is 0 Å². The molecule has 19 heavy (non-hydrogen) atoms. The van der Waals surface area contributed by atoms with Crippen molar-refractivity contribution in [2.75, 3.05) is 12.4 Å². The molecule has 0 bridgehead atoms. The molecule has 2 heterocycles. The Kier molecular flexibility index (Phi) is 4.26. The Labute approximate surface area is 115 Å². The first-order valence-corrected chi connectivity index (χ1v) is 7.02. The van der Waals surface area contributed by atoms with Crippen LogP contribution in [0.2, 0.25) is 0 Å². The zero-order valence-electron chi connectivity index (χ0n) is 11.2. The molecule has 0 amide bonds. The predicted molar refractivity (Wildman–Crippen MR) is 76.6 cm³/mol. The average molecular weight is 279 g/mol. The second-order valence-corrected chi connectivity index (χ2v) is 5.31. The Morgan fingerprint density at radius 1 is 1.47 bits per heavy atom. The molecule has 0 atom stereocenters. The number of thioether (sulfide) groups is 1. The van der Waals surface area contributed by atoms with E-state index >= 15 is 0 Å². The van der Waals surface area contributed by atoms with Crippen LogP contribution in [-0.2, 0) is 5.75 Å². The van der Waals surface area contributed by atoms with Crippen LogP contribution in [0.4, 0.5) is 5.82 Å². The van der Waals surface area contributed by atoms with Gasteiger partial charge in [0.2, 0.25) is 0 Å². The van der Waals surface area contributed by atoms with Gasteiger partial charge in [-0.1, -0.05) is 17.8 Å². The molecule has 0 radical (unpaired) electrons. The molecule has 7 heteroatoms. The average Bonchev–Trinajstić information content (AvgIpc) is 2.78. The topological polar surface area (TPSA) is 75.6 Å². The molecule has 2 aromatic heterocycles. The maximum Gasteiger partial charge on any atom is 0.344 e. The zero-order valence-corrected chi connectivity index (χ0v) is 12.0. The summed E-state index contributed by atoms with van der Waals surface area (Å²) in [5.74, 6) is 1.57. The molecular formula is C12H17N5OS. The lowest BCUT2D eigenvalue weighted by Gasteiger charge is -2.08. The van der Waals surface area contributed by atoms with E-state index in [1.54, 1.807) is 4.57 Å². The molecule has 102 valence electrons. The molecule has 0 unspecified atom stereocenters. The molecule has 0 aliphatic rings. The number of pyridine rings is 1. The van der Waals surface area contributed by atoms with Crippen molar-refractivity contribution in [1.29, 1.82) is 0 Å². The third-order valence-corrected chi connectivity index (χ3v) is 3.66. The molecule has 0 aliphatic carbocycles. The normalized spacial score (nSPS) is 10.9. The molecule has 0 spiro atoms. The minimum Gasteiger partial charge on any atom is -0.373 e. The first-order valence-electron chi connectivity index (χ1n) is 6.04. The fourth-order valence-corrected chi connectivity index (χ4v) is 2.66. The maximum absolute atomic E-state index is 11.6. The van der Waals surface area contributed by atoms with Crippen molar-refractivity contribution in [2.45, 2.75) is 30.8 Å². The lowest BCUT2D eigenvalue weighted by atomic mass is 10.3. The predicted octanol–water partition coefficient (Wildman–Crippen LogP) is 1.88. The number of H-pyrrole nitrogens is 1. The van der Waals surface area contributed by atoms with Gasteiger partial charge in [-0.05, 0) is 25.5 Å². The lowest BCUT2D eigenvalue weighted by molar-refractivity contribution is 0.534. The van der Waals surface area contributed by atoms with Crippen molar-refractivity contribution in [3.05, 3.63) is 34.4 Å². The van der Waals surface area contributed by atoms with Gasteiger partial charge in [-0.15, -0.1) is 5.10 Å². The zero-order chi connectivity index (χ0) is 13.8. The maximum atomic E-state index is 11.6. The number of rotatable bonds is 5. The lowest BCUT2D eigenvalue weighted by Crippen LogP contribution is -2.19. The van der Waals surface area contributed by atoms with Gasteiger partial charge in [0.15, 0.2) is 5.16 Å². The van der Waals surface area contributed by atoms with Crippen molar-refractivity contribution >= 4 is 17.6 Å². The van der Waals surface area contributed by atoms with E-state index in [9.17, 15) is 4.79 Å². The molecule has 0 aromatic carbocycles. The van der Waals surface area contributed by atoms with Crippen LogP contribution < -0.4 is 11.0 Å². The Hall–Kier alpha value is -1.76. The van der Waals surface area contributed by atoms with Crippen LogP contribution in [0.3, 0.4) is 0 Å². The van der Waals surface area contributed by atoms with Gasteiger partial charge in [-0.2, -0.15) is 0 Å². The minimum absolute atomic E-state index is 0.0959. The second kappa shape index (κ2) is 5.92. The summed E-state index contributed by atoms with van der Waals surface area (Å²) in [7, 11) is 1.84. The van der Waals surface area contributed by atoms with Crippen LogP contribution in [0.15, 0.2) is 28.3 Å². The van der Waals surface area contributed by atoms with Gasteiger partial charge in [-0.3, -0.25) is 4.57 Å². The third kappa shape index (κ3) is 3.17. The summed E-state index contributed by atoms with van der Waals surface area (Å²) < 4.78 is 1.65. The third-order valence-electron chi connectivity index (χ3n) is 2.64. The van der Waals surface area contributed by atoms with Gasteiger partial charge >= 0.3 is 5.69 Å². The van der Waals surface area contributed by atoms with Crippen molar-refractivity contribution in [2.24, 2.45) is 0 Å². The van der Waals surface area contributed by atoms with Gasteiger partial charge in [0.25, 0.3) is 0 Å². The van der Waals surface area contributed by atoms with Crippen LogP contribution >= 0.6 is 11.8 Å². The highest BCUT2D eigenvalue weighted by Gasteiger charge is 2.11. The fraction of sp³-hybridized carbons (Fsp3) is 0.417. The molecule has 2 N–H and O–H groups in total. The number of aromatic nitrogens is 4. The van der Waals surface area contributed by atoms with Crippen molar-refractivity contribution in [3.8, 4) is 0 Å². The van der Waals surface area contributed by atoms with E-state index in [4.69, 9.17) is 0 Å². The molecule has 6 nitrogen and oxygen atoms in total. The SMILES string of the molecule is CNc1ccc(CSc2n[nH]c(=O)n2C(C)C)cn1. The summed E-state index contributed by atoms with van der Waals surface area (Å²) in [5.41, 5.74) is 0.927. The summed E-state index contributed by atoms with van der Waals surface area (Å²) in [6.45, 7) is 3.93. The second-order valence-electron chi connectivity index (χ2n) is 4.37. The van der Waals surface area contributed by atoms with Gasteiger partial charge in [0, 0.05) is 25.0 Å². The molecule has 0 saturated carbocycles. The molecule has 2 rings (SSSR count). The summed E-state index contributed by atoms with van der Waals surface area (Å²) >= 11 is 1.52. The van der Waals surface area contributed by atoms with E-state index in [0.29, 0.717) is 5.16 Å². The largest absolute Gasteiger partial charge is 0.373 e. The van der Waals surface area contributed by atoms with Gasteiger partial charge < -0.3 is 5.32 Å². The first kappa shape index (κ1) is 13.7. The van der Waals surface area contributed by atoms with Crippen molar-refractivity contribution < 1.29 is 0 Å². The van der Waals surface area contributed by atoms with E-state index in [1.807, 2.05) is 39.2 Å². The standard InChI is InChI=1S/C12H17N5OS/c1-8(2)17-11(18)15-16-12(17)19-7-9-4-5-10(13-3)14-6-9/h4-6,8H,7H2,1-3H3,(H,13,14)(H,15,18). The van der Waals surface area contributed by atoms with Crippen LogP contribution in [0.1, 0.15) is 25.5 Å². The quantitative estimate of drug-likeness (QED) is 0.817. The van der Waals surface area contributed by atoms with Gasteiger partial charge in [0.05, 0.1) is 0 Å². The van der Waals surface area contributed by atoms with E-state index in [-0.39, 0.29) is 11.7 Å². The van der Waals surface area contributed by atoms with Crippen molar-refractivity contribution in [1.82, 2.24) is 19.7 Å². The van der Waals surface area contributed by atoms with E-state index < -0.39 is 0 Å². The van der Waals surface area contributed by atoms with E-state index in [0.717, 1.165) is 17.1 Å². The number of hydrogen-bond donors (Lipinski definition) is 2. The van der Waals surface area contributed by atoms with E-state index in [2.05, 4.69) is 20.5 Å². The van der Waals surface area contributed by atoms with Crippen LogP contribution in [0, 0.1) is 0 Å². The first-order chi connectivity index (χ1) is 9.11. The Balaban J connectivity index is 2.08. The molecule has 0 saturated heterocycles. The fourth-order valence-electron chi connectivity index (χ4n) is 1.65. The molecular weight excluding hydrogens is 262 g/mol. The van der Waals surface area contributed by atoms with Gasteiger partial charge in [-0.25, -0.2) is 14.9 Å². The highest BCUT2D eigenvalue weighted by molar-refractivity contribution is 7.98.